The normalized spacial score (nSPS) is 20.7. The number of hydrogen-bond donors (Lipinski definition) is 1. The van der Waals surface area contributed by atoms with E-state index in [1.165, 1.54) is 6.42 Å². The number of nitrogens with zero attached hydrogens (tertiary/aromatic N) is 2. The van der Waals surface area contributed by atoms with Crippen LogP contribution in [0.5, 0.6) is 0 Å². The molecule has 2 fully saturated rings. The van der Waals surface area contributed by atoms with E-state index < -0.39 is 0 Å². The molecule has 5 nitrogen and oxygen atoms in total. The van der Waals surface area contributed by atoms with Gasteiger partial charge in [0.1, 0.15) is 6.04 Å². The number of hydrogen-bond acceptors (Lipinski definition) is 4. The van der Waals surface area contributed by atoms with Crippen molar-refractivity contribution in [3.05, 3.63) is 35.9 Å². The summed E-state index contributed by atoms with van der Waals surface area (Å²) < 4.78 is 0. The Labute approximate surface area is 166 Å². The average molecular weight is 398 g/mol. The lowest BCUT2D eigenvalue weighted by molar-refractivity contribution is -0.136. The van der Waals surface area contributed by atoms with Gasteiger partial charge in [0.15, 0.2) is 0 Å². The number of nitrogens with one attached hydrogen (secondary N) is 1. The van der Waals surface area contributed by atoms with E-state index in [9.17, 15) is 9.59 Å². The van der Waals surface area contributed by atoms with Gasteiger partial charge in [0.05, 0.1) is 5.88 Å². The second-order valence-electron chi connectivity index (χ2n) is 6.82. The van der Waals surface area contributed by atoms with E-state index in [4.69, 9.17) is 0 Å². The van der Waals surface area contributed by atoms with Crippen LogP contribution in [0.3, 0.4) is 0 Å². The fourth-order valence-electron chi connectivity index (χ4n) is 3.60. The summed E-state index contributed by atoms with van der Waals surface area (Å²) in [7, 11) is 1.98. The van der Waals surface area contributed by atoms with Crippen LogP contribution in [0.1, 0.15) is 29.6 Å². The van der Waals surface area contributed by atoms with Crippen LogP contribution in [-0.2, 0) is 4.79 Å². The number of thioether (sulfide) groups is 1. The summed E-state index contributed by atoms with van der Waals surface area (Å²) >= 11 is 1.67. The highest BCUT2D eigenvalue weighted by molar-refractivity contribution is 7.99. The highest BCUT2D eigenvalue weighted by Crippen LogP contribution is 2.27. The Morgan fingerprint density at radius 1 is 1.19 bits per heavy atom. The molecule has 26 heavy (non-hydrogen) atoms. The third-order valence-electron chi connectivity index (χ3n) is 5.18. The number of piperidine rings is 1. The lowest BCUT2D eigenvalue weighted by Gasteiger charge is -2.35. The van der Waals surface area contributed by atoms with E-state index >= 15 is 0 Å². The van der Waals surface area contributed by atoms with E-state index in [1.807, 2.05) is 42.3 Å². The Kier molecular flexibility index (Phi) is 8.25. The van der Waals surface area contributed by atoms with Crippen molar-refractivity contribution >= 4 is 36.0 Å². The quantitative estimate of drug-likeness (QED) is 0.829. The van der Waals surface area contributed by atoms with Gasteiger partial charge in [-0.25, -0.2) is 0 Å². The zero-order valence-corrected chi connectivity index (χ0v) is 16.9. The maximum absolute atomic E-state index is 13.0. The third-order valence-corrected chi connectivity index (χ3v) is 6.19. The highest BCUT2D eigenvalue weighted by Gasteiger charge is 2.38. The first-order chi connectivity index (χ1) is 12.2. The van der Waals surface area contributed by atoms with Crippen LogP contribution in [0.2, 0.25) is 0 Å². The number of rotatable bonds is 5. The molecule has 1 aromatic carbocycles. The minimum atomic E-state index is -0.313. The molecule has 1 unspecified atom stereocenters. The van der Waals surface area contributed by atoms with Gasteiger partial charge in [0.2, 0.25) is 5.91 Å². The Hall–Kier alpha value is -1.24. The van der Waals surface area contributed by atoms with Crippen molar-refractivity contribution in [2.24, 2.45) is 5.92 Å². The lowest BCUT2D eigenvalue weighted by Crippen LogP contribution is -2.51. The van der Waals surface area contributed by atoms with Crippen molar-refractivity contribution in [2.75, 3.05) is 38.3 Å². The number of halogens is 1. The fraction of sp³-hybridized carbons (Fsp3) is 0.579. The summed E-state index contributed by atoms with van der Waals surface area (Å²) in [6.45, 7) is 2.68. The van der Waals surface area contributed by atoms with Crippen LogP contribution < -0.4 is 5.32 Å². The second-order valence-corrected chi connectivity index (χ2v) is 7.82. The molecule has 1 atom stereocenters. The van der Waals surface area contributed by atoms with E-state index in [2.05, 4.69) is 5.32 Å². The van der Waals surface area contributed by atoms with Gasteiger partial charge in [-0.3, -0.25) is 9.59 Å². The van der Waals surface area contributed by atoms with E-state index in [0.717, 1.165) is 32.5 Å². The molecule has 0 radical (unpaired) electrons. The van der Waals surface area contributed by atoms with Gasteiger partial charge in [0.25, 0.3) is 5.91 Å². The second kappa shape index (κ2) is 10.2. The van der Waals surface area contributed by atoms with Crippen molar-refractivity contribution in [3.63, 3.8) is 0 Å². The molecule has 1 N–H and O–H groups in total. The maximum atomic E-state index is 13.0. The van der Waals surface area contributed by atoms with Gasteiger partial charge in [-0.15, -0.1) is 24.2 Å². The largest absolute Gasteiger partial charge is 0.341 e. The summed E-state index contributed by atoms with van der Waals surface area (Å²) in [6, 6.07) is 8.95. The molecule has 2 aliphatic heterocycles. The maximum Gasteiger partial charge on any atom is 0.255 e. The van der Waals surface area contributed by atoms with Crippen molar-refractivity contribution in [2.45, 2.75) is 25.3 Å². The molecule has 0 saturated carbocycles. The zero-order valence-electron chi connectivity index (χ0n) is 15.2. The minimum Gasteiger partial charge on any atom is -0.341 e. The average Bonchev–Trinajstić information content (AvgIpc) is 3.16. The van der Waals surface area contributed by atoms with Crippen molar-refractivity contribution in [1.82, 2.24) is 15.1 Å². The first kappa shape index (κ1) is 21.1. The molecular weight excluding hydrogens is 370 g/mol. The molecule has 0 aliphatic carbocycles. The summed E-state index contributed by atoms with van der Waals surface area (Å²) in [5.74, 6) is 2.10. The lowest BCUT2D eigenvalue weighted by atomic mass is 9.93. The van der Waals surface area contributed by atoms with Crippen molar-refractivity contribution in [3.8, 4) is 0 Å². The summed E-state index contributed by atoms with van der Waals surface area (Å²) in [5.41, 5.74) is 0.661. The first-order valence-corrected chi connectivity index (χ1v) is 10.2. The summed E-state index contributed by atoms with van der Waals surface area (Å²) in [5, 5.41) is 3.20. The zero-order chi connectivity index (χ0) is 17.6. The number of carbonyl (C=O) groups excluding carboxylic acids is 2. The van der Waals surface area contributed by atoms with E-state index in [0.29, 0.717) is 23.1 Å². The van der Waals surface area contributed by atoms with Gasteiger partial charge in [0, 0.05) is 24.4 Å². The molecule has 0 bridgehead atoms. The Morgan fingerprint density at radius 2 is 1.88 bits per heavy atom. The molecule has 3 rings (SSSR count). The molecule has 0 spiro atoms. The van der Waals surface area contributed by atoms with Crippen LogP contribution in [0, 0.1) is 5.92 Å². The van der Waals surface area contributed by atoms with Crippen LogP contribution in [0.15, 0.2) is 30.3 Å². The SMILES string of the molecule is CNCCC1CCN(C(=O)C2CSCN2C(=O)c2ccccc2)CC1.Cl. The molecule has 2 amide bonds. The monoisotopic (exact) mass is 397 g/mol. The molecule has 2 aliphatic rings. The predicted octanol–water partition coefficient (Wildman–Crippen LogP) is 2.47. The molecule has 1 aromatic rings. The van der Waals surface area contributed by atoms with Crippen LogP contribution >= 0.6 is 24.2 Å². The van der Waals surface area contributed by atoms with Crippen LogP contribution in [-0.4, -0.2) is 66.0 Å². The minimum absolute atomic E-state index is 0. The summed E-state index contributed by atoms with van der Waals surface area (Å²) in [6.07, 6.45) is 3.32. The smallest absolute Gasteiger partial charge is 0.255 e. The molecule has 144 valence electrons. The molecule has 7 heteroatoms. The van der Waals surface area contributed by atoms with Crippen LogP contribution in [0.25, 0.3) is 0 Å². The van der Waals surface area contributed by atoms with Crippen molar-refractivity contribution < 1.29 is 9.59 Å². The standard InChI is InChI=1S/C19H27N3O2S.ClH/c1-20-10-7-15-8-11-21(12-9-15)19(24)17-13-25-14-22(17)18(23)16-5-3-2-4-6-16;/h2-6,15,17,20H,7-14H2,1H3;1H. The Balaban J connectivity index is 0.00000243. The van der Waals surface area contributed by atoms with Gasteiger partial charge in [-0.1, -0.05) is 18.2 Å². The molecule has 0 aromatic heterocycles. The van der Waals surface area contributed by atoms with Crippen LogP contribution in [0.4, 0.5) is 0 Å². The summed E-state index contributed by atoms with van der Waals surface area (Å²) in [4.78, 5) is 29.4. The number of carbonyl (C=O) groups is 2. The van der Waals surface area contributed by atoms with Crippen molar-refractivity contribution in [1.29, 1.82) is 0 Å². The van der Waals surface area contributed by atoms with E-state index in [1.54, 1.807) is 16.7 Å². The predicted molar refractivity (Wildman–Crippen MR) is 109 cm³/mol. The fourth-order valence-corrected chi connectivity index (χ4v) is 4.74. The molecule has 2 heterocycles. The Morgan fingerprint density at radius 3 is 2.54 bits per heavy atom. The number of benzene rings is 1. The third kappa shape index (κ3) is 4.93. The first-order valence-electron chi connectivity index (χ1n) is 9.08. The van der Waals surface area contributed by atoms with E-state index in [-0.39, 0.29) is 30.3 Å². The van der Waals surface area contributed by atoms with Gasteiger partial charge in [-0.2, -0.15) is 0 Å². The molecule has 2 saturated heterocycles. The highest BCUT2D eigenvalue weighted by atomic mass is 35.5. The molecular formula is C19H28ClN3O2S. The van der Waals surface area contributed by atoms with Gasteiger partial charge in [-0.05, 0) is 50.9 Å². The Bertz CT molecular complexity index is 594. The van der Waals surface area contributed by atoms with Gasteiger partial charge < -0.3 is 15.1 Å². The number of likely N-dealkylation sites (tertiary alicyclic amines) is 1. The van der Waals surface area contributed by atoms with Gasteiger partial charge >= 0.3 is 0 Å². The number of amides is 2. The topological polar surface area (TPSA) is 52.7 Å².